The molecule has 2 aromatic rings. The maximum atomic E-state index is 6.30. The zero-order valence-corrected chi connectivity index (χ0v) is 13.0. The summed E-state index contributed by atoms with van der Waals surface area (Å²) in [5.74, 6) is 1.88. The van der Waals surface area contributed by atoms with Gasteiger partial charge in [0.1, 0.15) is 11.3 Å². The van der Waals surface area contributed by atoms with Crippen LogP contribution in [0.2, 0.25) is 0 Å². The van der Waals surface area contributed by atoms with Crippen LogP contribution in [-0.4, -0.2) is 6.54 Å². The molecule has 0 unspecified atom stereocenters. The van der Waals surface area contributed by atoms with E-state index in [1.165, 1.54) is 29.4 Å². The fourth-order valence-corrected chi connectivity index (χ4v) is 2.97. The van der Waals surface area contributed by atoms with Crippen molar-refractivity contribution in [2.75, 3.05) is 6.54 Å². The van der Waals surface area contributed by atoms with Crippen molar-refractivity contribution in [1.29, 1.82) is 0 Å². The third-order valence-corrected chi connectivity index (χ3v) is 4.16. The van der Waals surface area contributed by atoms with Gasteiger partial charge in [-0.2, -0.15) is 0 Å². The van der Waals surface area contributed by atoms with Gasteiger partial charge in [0.25, 0.3) is 0 Å². The van der Waals surface area contributed by atoms with Crippen LogP contribution in [-0.2, 0) is 12.0 Å². The molecule has 0 radical (unpaired) electrons. The van der Waals surface area contributed by atoms with Crippen molar-refractivity contribution >= 4 is 11.0 Å². The van der Waals surface area contributed by atoms with Gasteiger partial charge in [0.05, 0.1) is 6.54 Å². The van der Waals surface area contributed by atoms with E-state index in [1.54, 1.807) is 0 Å². The Labute approximate surface area is 121 Å². The molecule has 0 amide bonds. The van der Waals surface area contributed by atoms with Crippen molar-refractivity contribution in [2.24, 2.45) is 0 Å². The van der Waals surface area contributed by atoms with Crippen LogP contribution < -0.4 is 5.32 Å². The van der Waals surface area contributed by atoms with Crippen molar-refractivity contribution < 1.29 is 4.42 Å². The van der Waals surface area contributed by atoms with Crippen molar-refractivity contribution in [1.82, 2.24) is 5.32 Å². The third kappa shape index (κ3) is 2.37. The van der Waals surface area contributed by atoms with Gasteiger partial charge in [0, 0.05) is 16.5 Å². The molecule has 0 aliphatic heterocycles. The van der Waals surface area contributed by atoms with Crippen LogP contribution in [0.5, 0.6) is 0 Å². The number of furan rings is 1. The van der Waals surface area contributed by atoms with E-state index in [-0.39, 0.29) is 5.41 Å². The Morgan fingerprint density at radius 2 is 2.00 bits per heavy atom. The summed E-state index contributed by atoms with van der Waals surface area (Å²) >= 11 is 0. The molecule has 1 aromatic heterocycles. The highest BCUT2D eigenvalue weighted by molar-refractivity contribution is 5.86. The van der Waals surface area contributed by atoms with Gasteiger partial charge in [-0.05, 0) is 30.7 Å². The van der Waals surface area contributed by atoms with Crippen LogP contribution in [0.1, 0.15) is 63.3 Å². The molecule has 108 valence electrons. The zero-order chi connectivity index (χ0) is 14.3. The predicted molar refractivity (Wildman–Crippen MR) is 84.3 cm³/mol. The summed E-state index contributed by atoms with van der Waals surface area (Å²) in [6.07, 6.45) is 2.63. The molecule has 0 atom stereocenters. The van der Waals surface area contributed by atoms with Gasteiger partial charge in [-0.15, -0.1) is 0 Å². The summed E-state index contributed by atoms with van der Waals surface area (Å²) in [7, 11) is 0. The lowest BCUT2D eigenvalue weighted by Gasteiger charge is -2.18. The number of rotatable bonds is 4. The Hall–Kier alpha value is -1.28. The van der Waals surface area contributed by atoms with Crippen LogP contribution in [0.15, 0.2) is 22.6 Å². The van der Waals surface area contributed by atoms with E-state index >= 15 is 0 Å². The van der Waals surface area contributed by atoms with Gasteiger partial charge < -0.3 is 9.73 Å². The summed E-state index contributed by atoms with van der Waals surface area (Å²) in [5, 5.41) is 4.75. The highest BCUT2D eigenvalue weighted by Gasteiger charge is 2.32. The first-order valence-electron chi connectivity index (χ1n) is 7.78. The molecule has 0 bridgehead atoms. The highest BCUT2D eigenvalue weighted by atomic mass is 16.3. The summed E-state index contributed by atoms with van der Waals surface area (Å²) in [6.45, 7) is 10.7. The normalized spacial score (nSPS) is 16.0. The van der Waals surface area contributed by atoms with E-state index in [4.69, 9.17) is 4.42 Å². The zero-order valence-electron chi connectivity index (χ0n) is 13.0. The second kappa shape index (κ2) is 4.92. The van der Waals surface area contributed by atoms with Gasteiger partial charge >= 0.3 is 0 Å². The fraction of sp³-hybridized carbons (Fsp3) is 0.556. The molecule has 0 spiro atoms. The number of fused-ring (bicyclic) bond motifs is 1. The smallest absolute Gasteiger partial charge is 0.138 e. The Morgan fingerprint density at radius 3 is 2.60 bits per heavy atom. The van der Waals surface area contributed by atoms with Gasteiger partial charge in [0.2, 0.25) is 0 Å². The molecular weight excluding hydrogens is 246 g/mol. The first-order chi connectivity index (χ1) is 9.52. The lowest BCUT2D eigenvalue weighted by Crippen LogP contribution is -2.12. The lowest BCUT2D eigenvalue weighted by atomic mass is 9.85. The standard InChI is InChI=1S/C18H25NO/c1-5-19-11-15-16(12-9-10-12)13-7-6-8-14(17(13)20-15)18(2,3)4/h6-8,12,19H,5,9-11H2,1-4H3. The molecule has 2 heteroatoms. The molecule has 1 aliphatic rings. The summed E-state index contributed by atoms with van der Waals surface area (Å²) in [6, 6.07) is 6.62. The van der Waals surface area contributed by atoms with Gasteiger partial charge in [-0.3, -0.25) is 0 Å². The van der Waals surface area contributed by atoms with Crippen molar-refractivity contribution in [2.45, 2.75) is 58.4 Å². The minimum absolute atomic E-state index is 0.119. The number of nitrogens with one attached hydrogen (secondary N) is 1. The monoisotopic (exact) mass is 271 g/mol. The van der Waals surface area contributed by atoms with Crippen LogP contribution in [0, 0.1) is 0 Å². The second-order valence-corrected chi connectivity index (χ2v) is 6.93. The van der Waals surface area contributed by atoms with Gasteiger partial charge in [-0.25, -0.2) is 0 Å². The Bertz CT molecular complexity index is 614. The first kappa shape index (κ1) is 13.7. The third-order valence-electron chi connectivity index (χ3n) is 4.16. The predicted octanol–water partition coefficient (Wildman–Crippen LogP) is 4.72. The summed E-state index contributed by atoms with van der Waals surface area (Å²) in [4.78, 5) is 0. The lowest BCUT2D eigenvalue weighted by molar-refractivity contribution is 0.500. The van der Waals surface area contributed by atoms with E-state index in [0.29, 0.717) is 0 Å². The number of hydrogen-bond donors (Lipinski definition) is 1. The van der Waals surface area contributed by atoms with E-state index in [1.807, 2.05) is 0 Å². The Morgan fingerprint density at radius 1 is 1.25 bits per heavy atom. The average Bonchev–Trinajstić information content (AvgIpc) is 3.15. The SMILES string of the molecule is CCNCc1oc2c(C(C)(C)C)cccc2c1C1CC1. The number of para-hydroxylation sites is 1. The molecule has 20 heavy (non-hydrogen) atoms. The molecule has 2 nitrogen and oxygen atoms in total. The molecule has 3 rings (SSSR count). The maximum absolute atomic E-state index is 6.30. The molecule has 1 heterocycles. The summed E-state index contributed by atoms with van der Waals surface area (Å²) < 4.78 is 6.30. The van der Waals surface area contributed by atoms with Crippen LogP contribution in [0.25, 0.3) is 11.0 Å². The molecule has 0 saturated heterocycles. The molecule has 1 aromatic carbocycles. The van der Waals surface area contributed by atoms with Gasteiger partial charge in [0.15, 0.2) is 0 Å². The Balaban J connectivity index is 2.17. The highest BCUT2D eigenvalue weighted by Crippen LogP contribution is 2.47. The first-order valence-corrected chi connectivity index (χ1v) is 7.78. The minimum atomic E-state index is 0.119. The quantitative estimate of drug-likeness (QED) is 0.870. The molecular formula is C18H25NO. The minimum Gasteiger partial charge on any atom is -0.459 e. The van der Waals surface area contributed by atoms with Crippen molar-refractivity contribution in [3.05, 3.63) is 35.1 Å². The molecule has 1 aliphatic carbocycles. The summed E-state index contributed by atoms with van der Waals surface area (Å²) in [5.41, 5.74) is 4.01. The van der Waals surface area contributed by atoms with E-state index < -0.39 is 0 Å². The number of benzene rings is 1. The van der Waals surface area contributed by atoms with E-state index in [9.17, 15) is 0 Å². The average molecular weight is 271 g/mol. The molecule has 1 N–H and O–H groups in total. The van der Waals surface area contributed by atoms with E-state index in [2.05, 4.69) is 51.2 Å². The van der Waals surface area contributed by atoms with Gasteiger partial charge in [-0.1, -0.05) is 45.9 Å². The van der Waals surface area contributed by atoms with Crippen LogP contribution >= 0.6 is 0 Å². The molecule has 1 fully saturated rings. The van der Waals surface area contributed by atoms with Crippen molar-refractivity contribution in [3.8, 4) is 0 Å². The fourth-order valence-electron chi connectivity index (χ4n) is 2.97. The van der Waals surface area contributed by atoms with Crippen molar-refractivity contribution in [3.63, 3.8) is 0 Å². The molecule has 1 saturated carbocycles. The Kier molecular flexibility index (Phi) is 3.37. The second-order valence-electron chi connectivity index (χ2n) is 6.93. The maximum Gasteiger partial charge on any atom is 0.138 e. The van der Waals surface area contributed by atoms with E-state index in [0.717, 1.165) is 30.4 Å². The topological polar surface area (TPSA) is 25.2 Å². The largest absolute Gasteiger partial charge is 0.459 e. The van der Waals surface area contributed by atoms with Crippen LogP contribution in [0.4, 0.5) is 0 Å². The van der Waals surface area contributed by atoms with Crippen LogP contribution in [0.3, 0.4) is 0 Å². The number of hydrogen-bond acceptors (Lipinski definition) is 2.